The number of fused-ring (bicyclic) bond motifs is 1. The Morgan fingerprint density at radius 2 is 2.30 bits per heavy atom. The molecule has 2 N–H and O–H groups in total. The van der Waals surface area contributed by atoms with Crippen molar-refractivity contribution in [1.29, 1.82) is 0 Å². The Labute approximate surface area is 138 Å². The molecule has 1 aromatic heterocycles. The smallest absolute Gasteiger partial charge is 0.251 e. The Morgan fingerprint density at radius 3 is 3.09 bits per heavy atom. The van der Waals surface area contributed by atoms with E-state index in [1.807, 2.05) is 25.1 Å². The van der Waals surface area contributed by atoms with Crippen LogP contribution in [-0.4, -0.2) is 23.6 Å². The quantitative estimate of drug-likeness (QED) is 0.884. The van der Waals surface area contributed by atoms with Crippen LogP contribution in [-0.2, 0) is 11.2 Å². The monoisotopic (exact) mass is 330 g/mol. The summed E-state index contributed by atoms with van der Waals surface area (Å²) < 4.78 is 5.29. The summed E-state index contributed by atoms with van der Waals surface area (Å²) in [6.45, 7) is 1.97. The number of hydrogen-bond donors (Lipinski definition) is 2. The van der Waals surface area contributed by atoms with Crippen LogP contribution in [0.2, 0.25) is 0 Å². The fourth-order valence-electron chi connectivity index (χ4n) is 2.42. The summed E-state index contributed by atoms with van der Waals surface area (Å²) in [5.74, 6) is 1.17. The molecule has 1 aromatic carbocycles. The molecule has 0 radical (unpaired) electrons. The number of carbonyl (C=O) groups excluding carboxylic acids is 2. The Morgan fingerprint density at radius 1 is 1.43 bits per heavy atom. The zero-order chi connectivity index (χ0) is 16.2. The molecule has 0 unspecified atom stereocenters. The van der Waals surface area contributed by atoms with Crippen LogP contribution in [0.15, 0.2) is 45.9 Å². The third-order valence-electron chi connectivity index (χ3n) is 3.66. The Bertz CT molecular complexity index is 713. The number of amides is 2. The Hall–Kier alpha value is -2.21. The lowest BCUT2D eigenvalue weighted by molar-refractivity contribution is -0.113. The Balaban J connectivity index is 1.59. The first-order valence-corrected chi connectivity index (χ1v) is 8.50. The van der Waals surface area contributed by atoms with E-state index in [2.05, 4.69) is 10.6 Å². The van der Waals surface area contributed by atoms with Crippen LogP contribution in [0.3, 0.4) is 0 Å². The number of furan rings is 1. The molecule has 0 saturated carbocycles. The normalized spacial score (nSPS) is 14.7. The molecule has 2 aromatic rings. The molecule has 1 aliphatic heterocycles. The van der Waals surface area contributed by atoms with Gasteiger partial charge in [-0.25, -0.2) is 0 Å². The maximum atomic E-state index is 12.3. The van der Waals surface area contributed by atoms with Gasteiger partial charge in [0.1, 0.15) is 5.76 Å². The second kappa shape index (κ2) is 6.91. The molecule has 0 spiro atoms. The number of hydrogen-bond acceptors (Lipinski definition) is 4. The predicted molar refractivity (Wildman–Crippen MR) is 89.8 cm³/mol. The van der Waals surface area contributed by atoms with Gasteiger partial charge < -0.3 is 15.1 Å². The first kappa shape index (κ1) is 15.7. The van der Waals surface area contributed by atoms with Gasteiger partial charge in [0.2, 0.25) is 5.91 Å². The molecule has 1 aliphatic rings. The summed E-state index contributed by atoms with van der Waals surface area (Å²) in [6, 6.07) is 9.22. The Kier molecular flexibility index (Phi) is 4.71. The third-order valence-corrected chi connectivity index (χ3v) is 4.73. The summed E-state index contributed by atoms with van der Waals surface area (Å²) in [4.78, 5) is 24.8. The standard InChI is InChI=1S/C17H18N2O3S/c1-11(4-6-13-3-2-8-22-13)18-17(21)12-5-7-15-14(9-12)19-16(20)10-23-15/h2-3,5,7-9,11H,4,6,10H2,1H3,(H,18,21)(H,19,20)/t11-/m0/s1. The molecule has 0 bridgehead atoms. The number of thioether (sulfide) groups is 1. The second-order valence-electron chi connectivity index (χ2n) is 5.54. The van der Waals surface area contributed by atoms with E-state index in [0.717, 1.165) is 23.5 Å². The second-order valence-corrected chi connectivity index (χ2v) is 6.56. The van der Waals surface area contributed by atoms with Gasteiger partial charge in [0.25, 0.3) is 5.91 Å². The van der Waals surface area contributed by atoms with Gasteiger partial charge >= 0.3 is 0 Å². The summed E-state index contributed by atoms with van der Waals surface area (Å²) in [5, 5.41) is 5.78. The van der Waals surface area contributed by atoms with Crippen molar-refractivity contribution in [2.75, 3.05) is 11.1 Å². The van der Waals surface area contributed by atoms with Crippen molar-refractivity contribution < 1.29 is 14.0 Å². The number of benzene rings is 1. The summed E-state index contributed by atoms with van der Waals surface area (Å²) in [7, 11) is 0. The van der Waals surface area contributed by atoms with E-state index in [-0.39, 0.29) is 17.9 Å². The van der Waals surface area contributed by atoms with Crippen molar-refractivity contribution in [2.45, 2.75) is 30.7 Å². The van der Waals surface area contributed by atoms with Gasteiger partial charge in [-0.05, 0) is 43.7 Å². The van der Waals surface area contributed by atoms with E-state index in [4.69, 9.17) is 4.42 Å². The van der Waals surface area contributed by atoms with Crippen molar-refractivity contribution in [1.82, 2.24) is 5.32 Å². The van der Waals surface area contributed by atoms with Gasteiger partial charge in [0.05, 0.1) is 17.7 Å². The largest absolute Gasteiger partial charge is 0.469 e. The zero-order valence-electron chi connectivity index (χ0n) is 12.8. The van der Waals surface area contributed by atoms with Gasteiger partial charge in [-0.2, -0.15) is 0 Å². The highest BCUT2D eigenvalue weighted by Crippen LogP contribution is 2.31. The average molecular weight is 330 g/mol. The van der Waals surface area contributed by atoms with Crippen LogP contribution in [0.25, 0.3) is 0 Å². The molecular weight excluding hydrogens is 312 g/mol. The SMILES string of the molecule is C[C@@H](CCc1ccco1)NC(=O)c1ccc2c(c1)NC(=O)CS2. The van der Waals surface area contributed by atoms with Crippen LogP contribution >= 0.6 is 11.8 Å². The highest BCUT2D eigenvalue weighted by molar-refractivity contribution is 8.00. The van der Waals surface area contributed by atoms with Gasteiger partial charge in [-0.1, -0.05) is 0 Å². The van der Waals surface area contributed by atoms with Gasteiger partial charge in [0, 0.05) is 22.9 Å². The minimum atomic E-state index is -0.135. The van der Waals surface area contributed by atoms with Gasteiger partial charge in [-0.3, -0.25) is 9.59 Å². The molecule has 2 amide bonds. The lowest BCUT2D eigenvalue weighted by Gasteiger charge is -2.18. The maximum Gasteiger partial charge on any atom is 0.251 e. The maximum absolute atomic E-state index is 12.3. The fraction of sp³-hybridized carbons (Fsp3) is 0.294. The van der Waals surface area contributed by atoms with E-state index in [0.29, 0.717) is 17.0 Å². The number of aryl methyl sites for hydroxylation is 1. The molecule has 3 rings (SSSR count). The molecule has 0 fully saturated rings. The molecule has 5 nitrogen and oxygen atoms in total. The molecule has 6 heteroatoms. The number of carbonyl (C=O) groups is 2. The van der Waals surface area contributed by atoms with E-state index in [1.165, 1.54) is 11.8 Å². The van der Waals surface area contributed by atoms with Crippen molar-refractivity contribution in [2.24, 2.45) is 0 Å². The van der Waals surface area contributed by atoms with Crippen molar-refractivity contribution in [3.63, 3.8) is 0 Å². The number of anilines is 1. The topological polar surface area (TPSA) is 71.3 Å². The average Bonchev–Trinajstić information content (AvgIpc) is 3.05. The van der Waals surface area contributed by atoms with E-state index in [9.17, 15) is 9.59 Å². The fourth-order valence-corrected chi connectivity index (χ4v) is 3.21. The van der Waals surface area contributed by atoms with Crippen molar-refractivity contribution in [3.8, 4) is 0 Å². The minimum Gasteiger partial charge on any atom is -0.469 e. The molecule has 2 heterocycles. The van der Waals surface area contributed by atoms with Crippen LogP contribution < -0.4 is 10.6 Å². The highest BCUT2D eigenvalue weighted by atomic mass is 32.2. The third kappa shape index (κ3) is 3.96. The summed E-state index contributed by atoms with van der Waals surface area (Å²) >= 11 is 1.48. The number of nitrogens with one attached hydrogen (secondary N) is 2. The number of rotatable bonds is 5. The highest BCUT2D eigenvalue weighted by Gasteiger charge is 2.18. The van der Waals surface area contributed by atoms with Crippen LogP contribution in [0.1, 0.15) is 29.5 Å². The predicted octanol–water partition coefficient (Wildman–Crippen LogP) is 3.07. The first-order valence-electron chi connectivity index (χ1n) is 7.52. The van der Waals surface area contributed by atoms with Crippen LogP contribution in [0, 0.1) is 0 Å². The summed E-state index contributed by atoms with van der Waals surface area (Å²) in [5.41, 5.74) is 1.26. The van der Waals surface area contributed by atoms with Crippen molar-refractivity contribution >= 4 is 29.3 Å². The zero-order valence-corrected chi connectivity index (χ0v) is 13.6. The molecule has 0 aliphatic carbocycles. The van der Waals surface area contributed by atoms with Gasteiger partial charge in [0.15, 0.2) is 0 Å². The lowest BCUT2D eigenvalue weighted by Crippen LogP contribution is -2.33. The van der Waals surface area contributed by atoms with Crippen molar-refractivity contribution in [3.05, 3.63) is 47.9 Å². The van der Waals surface area contributed by atoms with Gasteiger partial charge in [-0.15, -0.1) is 11.8 Å². The molecule has 0 saturated heterocycles. The van der Waals surface area contributed by atoms with E-state index >= 15 is 0 Å². The minimum absolute atomic E-state index is 0.0348. The summed E-state index contributed by atoms with van der Waals surface area (Å²) in [6.07, 6.45) is 3.24. The van der Waals surface area contributed by atoms with E-state index < -0.39 is 0 Å². The molecule has 120 valence electrons. The lowest BCUT2D eigenvalue weighted by atomic mass is 10.1. The first-order chi connectivity index (χ1) is 11.1. The van der Waals surface area contributed by atoms with Crippen LogP contribution in [0.4, 0.5) is 5.69 Å². The molecule has 1 atom stereocenters. The molecular formula is C17H18N2O3S. The van der Waals surface area contributed by atoms with E-state index in [1.54, 1.807) is 18.4 Å². The molecule has 23 heavy (non-hydrogen) atoms. The van der Waals surface area contributed by atoms with Crippen LogP contribution in [0.5, 0.6) is 0 Å².